The van der Waals surface area contributed by atoms with E-state index in [2.05, 4.69) is 4.98 Å². The van der Waals surface area contributed by atoms with E-state index in [0.717, 1.165) is 12.1 Å². The summed E-state index contributed by atoms with van der Waals surface area (Å²) in [6.45, 7) is 1.45. The van der Waals surface area contributed by atoms with E-state index in [4.69, 9.17) is 0 Å². The van der Waals surface area contributed by atoms with E-state index >= 15 is 0 Å². The van der Waals surface area contributed by atoms with Crippen molar-refractivity contribution in [1.82, 2.24) is 9.97 Å². The monoisotopic (exact) mass is 270 g/mol. The number of H-pyrrole nitrogens is 2. The summed E-state index contributed by atoms with van der Waals surface area (Å²) in [7, 11) is 0. The number of nitrogens with one attached hydrogen (secondary N) is 2. The summed E-state index contributed by atoms with van der Waals surface area (Å²) >= 11 is 0. The zero-order valence-corrected chi connectivity index (χ0v) is 9.76. The Labute approximate surface area is 104 Å². The third-order valence-corrected chi connectivity index (χ3v) is 2.61. The lowest BCUT2D eigenvalue weighted by atomic mass is 10.0. The van der Waals surface area contributed by atoms with Gasteiger partial charge in [-0.2, -0.15) is 13.2 Å². The first-order valence-corrected chi connectivity index (χ1v) is 5.30. The van der Waals surface area contributed by atoms with Crippen LogP contribution in [0.3, 0.4) is 0 Å². The second-order valence-corrected chi connectivity index (χ2v) is 3.99. The highest BCUT2D eigenvalue weighted by Gasteiger charge is 2.30. The molecule has 0 aliphatic heterocycles. The van der Waals surface area contributed by atoms with Gasteiger partial charge in [0.15, 0.2) is 0 Å². The van der Waals surface area contributed by atoms with E-state index in [9.17, 15) is 22.8 Å². The van der Waals surface area contributed by atoms with Gasteiger partial charge in [0.1, 0.15) is 0 Å². The maximum Gasteiger partial charge on any atom is 0.416 e. The Balaban J connectivity index is 2.67. The smallest absolute Gasteiger partial charge is 0.311 e. The summed E-state index contributed by atoms with van der Waals surface area (Å²) in [6.07, 6.45) is -4.49. The van der Waals surface area contributed by atoms with Gasteiger partial charge >= 0.3 is 11.9 Å². The average molecular weight is 270 g/mol. The van der Waals surface area contributed by atoms with Gasteiger partial charge < -0.3 is 4.98 Å². The number of halogens is 3. The molecule has 0 saturated heterocycles. The number of hydrogen-bond acceptors (Lipinski definition) is 2. The van der Waals surface area contributed by atoms with Gasteiger partial charge in [0.2, 0.25) is 0 Å². The molecule has 1 aromatic carbocycles. The Kier molecular flexibility index (Phi) is 3.05. The van der Waals surface area contributed by atoms with Crippen LogP contribution in [0.25, 0.3) is 11.1 Å². The van der Waals surface area contributed by atoms with Gasteiger partial charge in [0.25, 0.3) is 5.56 Å². The average Bonchev–Trinajstić information content (AvgIpc) is 2.26. The topological polar surface area (TPSA) is 65.7 Å². The van der Waals surface area contributed by atoms with Crippen molar-refractivity contribution in [2.45, 2.75) is 13.1 Å². The first-order chi connectivity index (χ1) is 8.79. The van der Waals surface area contributed by atoms with Crippen LogP contribution in [-0.2, 0) is 6.18 Å². The highest BCUT2D eigenvalue weighted by Crippen LogP contribution is 2.31. The van der Waals surface area contributed by atoms with E-state index in [0.29, 0.717) is 0 Å². The molecule has 0 radical (unpaired) electrons. The lowest BCUT2D eigenvalue weighted by molar-refractivity contribution is -0.137. The van der Waals surface area contributed by atoms with Crippen LogP contribution in [0.1, 0.15) is 11.3 Å². The fourth-order valence-electron chi connectivity index (χ4n) is 1.80. The minimum Gasteiger partial charge on any atom is -0.311 e. The van der Waals surface area contributed by atoms with Crippen molar-refractivity contribution in [1.29, 1.82) is 0 Å². The molecule has 0 spiro atoms. The highest BCUT2D eigenvalue weighted by molar-refractivity contribution is 5.65. The quantitative estimate of drug-likeness (QED) is 0.833. The lowest BCUT2D eigenvalue weighted by Crippen LogP contribution is -2.25. The number of rotatable bonds is 1. The van der Waals surface area contributed by atoms with Crippen molar-refractivity contribution in [2.24, 2.45) is 0 Å². The number of aromatic nitrogens is 2. The summed E-state index contributed by atoms with van der Waals surface area (Å²) in [5, 5.41) is 0. The van der Waals surface area contributed by atoms with Crippen molar-refractivity contribution in [3.63, 3.8) is 0 Å². The number of aromatic amines is 2. The zero-order valence-electron chi connectivity index (χ0n) is 9.76. The first-order valence-electron chi connectivity index (χ1n) is 5.30. The standard InChI is InChI=1S/C12H9F3N2O2/c1-6-9(10(18)17-11(19)16-6)7-3-2-4-8(5-7)12(13,14)15/h2-5H,1H3,(H2,16,17,18,19). The van der Waals surface area contributed by atoms with Gasteiger partial charge in [-0.15, -0.1) is 0 Å². The molecule has 1 aromatic heterocycles. The summed E-state index contributed by atoms with van der Waals surface area (Å²) < 4.78 is 37.8. The van der Waals surface area contributed by atoms with Crippen molar-refractivity contribution in [3.05, 3.63) is 56.4 Å². The number of hydrogen-bond donors (Lipinski definition) is 2. The SMILES string of the molecule is Cc1[nH]c(=O)[nH]c(=O)c1-c1cccc(C(F)(F)F)c1. The van der Waals surface area contributed by atoms with Crippen molar-refractivity contribution >= 4 is 0 Å². The van der Waals surface area contributed by atoms with Crippen LogP contribution in [0, 0.1) is 6.92 Å². The highest BCUT2D eigenvalue weighted by atomic mass is 19.4. The lowest BCUT2D eigenvalue weighted by Gasteiger charge is -2.09. The maximum atomic E-state index is 12.6. The molecule has 0 saturated carbocycles. The summed E-state index contributed by atoms with van der Waals surface area (Å²) in [4.78, 5) is 27.0. The van der Waals surface area contributed by atoms with Crippen LogP contribution in [0.15, 0.2) is 33.9 Å². The van der Waals surface area contributed by atoms with Gasteiger partial charge in [-0.3, -0.25) is 9.78 Å². The van der Waals surface area contributed by atoms with E-state index in [1.54, 1.807) is 0 Å². The van der Waals surface area contributed by atoms with Crippen LogP contribution < -0.4 is 11.2 Å². The minimum absolute atomic E-state index is 0.0192. The van der Waals surface area contributed by atoms with Gasteiger partial charge in [0, 0.05) is 5.69 Å². The molecule has 4 nitrogen and oxygen atoms in total. The van der Waals surface area contributed by atoms with Crippen molar-refractivity contribution in [2.75, 3.05) is 0 Å². The van der Waals surface area contributed by atoms with Gasteiger partial charge in [-0.25, -0.2) is 4.79 Å². The molecule has 0 unspecified atom stereocenters. The molecule has 0 amide bonds. The van der Waals surface area contributed by atoms with Crippen LogP contribution in [0.5, 0.6) is 0 Å². The Morgan fingerprint density at radius 1 is 1.11 bits per heavy atom. The molecular weight excluding hydrogens is 261 g/mol. The first kappa shape index (κ1) is 13.1. The molecule has 2 N–H and O–H groups in total. The van der Waals surface area contributed by atoms with E-state index in [1.165, 1.54) is 19.1 Å². The summed E-state index contributed by atoms with van der Waals surface area (Å²) in [6, 6.07) is 4.38. The number of benzene rings is 1. The Hall–Kier alpha value is -2.31. The molecule has 2 rings (SSSR count). The van der Waals surface area contributed by atoms with Crippen LogP contribution in [0.2, 0.25) is 0 Å². The summed E-state index contributed by atoms with van der Waals surface area (Å²) in [5.41, 5.74) is -1.93. The third-order valence-electron chi connectivity index (χ3n) is 2.61. The molecule has 0 fully saturated rings. The zero-order chi connectivity index (χ0) is 14.2. The van der Waals surface area contributed by atoms with Crippen molar-refractivity contribution in [3.8, 4) is 11.1 Å². The fraction of sp³-hybridized carbons (Fsp3) is 0.167. The molecule has 19 heavy (non-hydrogen) atoms. The summed E-state index contributed by atoms with van der Waals surface area (Å²) in [5.74, 6) is 0. The van der Waals surface area contributed by atoms with Crippen LogP contribution in [0.4, 0.5) is 13.2 Å². The molecule has 2 aromatic rings. The molecule has 7 heteroatoms. The van der Waals surface area contributed by atoms with E-state index in [1.807, 2.05) is 4.98 Å². The third kappa shape index (κ3) is 2.59. The van der Waals surface area contributed by atoms with Gasteiger partial charge in [-0.05, 0) is 24.6 Å². The Bertz CT molecular complexity index is 729. The molecule has 100 valence electrons. The number of alkyl halides is 3. The van der Waals surface area contributed by atoms with Crippen molar-refractivity contribution < 1.29 is 13.2 Å². The number of aryl methyl sites for hydroxylation is 1. The fourth-order valence-corrected chi connectivity index (χ4v) is 1.80. The molecule has 0 bridgehead atoms. The second-order valence-electron chi connectivity index (χ2n) is 3.99. The maximum absolute atomic E-state index is 12.6. The Morgan fingerprint density at radius 3 is 2.37 bits per heavy atom. The molecular formula is C12H9F3N2O2. The van der Waals surface area contributed by atoms with E-state index in [-0.39, 0.29) is 16.8 Å². The van der Waals surface area contributed by atoms with Gasteiger partial charge in [-0.1, -0.05) is 12.1 Å². The largest absolute Gasteiger partial charge is 0.416 e. The van der Waals surface area contributed by atoms with Crippen LogP contribution >= 0.6 is 0 Å². The normalized spacial score (nSPS) is 11.6. The molecule has 0 aliphatic rings. The van der Waals surface area contributed by atoms with Crippen LogP contribution in [-0.4, -0.2) is 9.97 Å². The predicted molar refractivity (Wildman–Crippen MR) is 62.9 cm³/mol. The minimum atomic E-state index is -4.49. The van der Waals surface area contributed by atoms with E-state index < -0.39 is 23.0 Å². The molecule has 0 atom stereocenters. The molecule has 1 heterocycles. The van der Waals surface area contributed by atoms with Gasteiger partial charge in [0.05, 0.1) is 11.1 Å². The Morgan fingerprint density at radius 2 is 1.79 bits per heavy atom. The second kappa shape index (κ2) is 4.42. The predicted octanol–water partition coefficient (Wildman–Crippen LogP) is 2.06. The molecule has 0 aliphatic carbocycles.